The third-order valence-electron chi connectivity index (χ3n) is 4.97. The van der Waals surface area contributed by atoms with Gasteiger partial charge >= 0.3 is 0 Å². The summed E-state index contributed by atoms with van der Waals surface area (Å²) in [6.45, 7) is 2.39. The van der Waals surface area contributed by atoms with Gasteiger partial charge in [-0.25, -0.2) is 0 Å². The highest BCUT2D eigenvalue weighted by atomic mass is 32.2. The molecule has 1 unspecified atom stereocenters. The Kier molecular flexibility index (Phi) is 4.88. The van der Waals surface area contributed by atoms with Crippen molar-refractivity contribution >= 4 is 10.1 Å². The summed E-state index contributed by atoms with van der Waals surface area (Å²) in [5.41, 5.74) is 3.52. The molecule has 3 nitrogen and oxygen atoms in total. The lowest BCUT2D eigenvalue weighted by molar-refractivity contribution is 0.306. The van der Waals surface area contributed by atoms with Crippen LogP contribution in [0.5, 0.6) is 0 Å². The summed E-state index contributed by atoms with van der Waals surface area (Å²) in [4.78, 5) is 0.424. The molecule has 1 aliphatic heterocycles. The van der Waals surface area contributed by atoms with Crippen molar-refractivity contribution in [3.05, 3.63) is 28.8 Å². The van der Waals surface area contributed by atoms with Crippen molar-refractivity contribution in [2.45, 2.75) is 75.5 Å². The van der Waals surface area contributed by atoms with E-state index in [9.17, 15) is 8.42 Å². The van der Waals surface area contributed by atoms with E-state index in [1.165, 1.54) is 49.7 Å². The average molecular weight is 322 g/mol. The fraction of sp³-hybridized carbons (Fsp3) is 0.667. The first-order valence-electron chi connectivity index (χ1n) is 8.64. The fourth-order valence-electron chi connectivity index (χ4n) is 3.69. The Labute approximate surface area is 134 Å². The van der Waals surface area contributed by atoms with Crippen LogP contribution in [0.1, 0.15) is 80.4 Å². The lowest BCUT2D eigenvalue weighted by Gasteiger charge is -2.06. The molecular weight excluding hydrogens is 296 g/mol. The highest BCUT2D eigenvalue weighted by Gasteiger charge is 2.40. The average Bonchev–Trinajstić information content (AvgIpc) is 3.19. The van der Waals surface area contributed by atoms with Crippen molar-refractivity contribution in [3.8, 4) is 0 Å². The monoisotopic (exact) mass is 322 g/mol. The van der Waals surface area contributed by atoms with Gasteiger partial charge in [-0.15, -0.1) is 0 Å². The van der Waals surface area contributed by atoms with Gasteiger partial charge < -0.3 is 0 Å². The minimum absolute atomic E-state index is 0.315. The Morgan fingerprint density at radius 1 is 0.909 bits per heavy atom. The summed E-state index contributed by atoms with van der Waals surface area (Å²) < 4.78 is 30.1. The summed E-state index contributed by atoms with van der Waals surface area (Å²) in [7, 11) is -3.59. The lowest BCUT2D eigenvalue weighted by atomic mass is 10.0. The topological polar surface area (TPSA) is 43.4 Å². The number of rotatable bonds is 0. The standard InChI is InChI=1S/C18H26O3S/c1-14-11-12-16-18-15(17(14)18)10-8-6-4-2-3-5-7-9-13-21-22(16,19)20/h11-12,15H,2-10,13H2,1H3. The van der Waals surface area contributed by atoms with Crippen molar-refractivity contribution in [2.75, 3.05) is 6.61 Å². The third-order valence-corrected chi connectivity index (χ3v) is 6.35. The summed E-state index contributed by atoms with van der Waals surface area (Å²) in [5.74, 6) is 0.355. The van der Waals surface area contributed by atoms with Crippen LogP contribution in [0.15, 0.2) is 17.0 Å². The van der Waals surface area contributed by atoms with Crippen LogP contribution in [0.25, 0.3) is 0 Å². The quantitative estimate of drug-likeness (QED) is 0.652. The fourth-order valence-corrected chi connectivity index (χ4v) is 4.91. The molecule has 1 heterocycles. The van der Waals surface area contributed by atoms with E-state index in [0.29, 0.717) is 17.4 Å². The van der Waals surface area contributed by atoms with Crippen molar-refractivity contribution in [1.29, 1.82) is 0 Å². The van der Waals surface area contributed by atoms with E-state index in [2.05, 4.69) is 6.92 Å². The van der Waals surface area contributed by atoms with Gasteiger partial charge in [0.15, 0.2) is 0 Å². The maximum atomic E-state index is 12.4. The first-order valence-corrected chi connectivity index (χ1v) is 10.0. The van der Waals surface area contributed by atoms with Crippen LogP contribution in [-0.2, 0) is 14.3 Å². The smallest absolute Gasteiger partial charge is 0.266 e. The van der Waals surface area contributed by atoms with Crippen molar-refractivity contribution in [3.63, 3.8) is 0 Å². The first kappa shape index (κ1) is 16.0. The molecule has 1 aromatic carbocycles. The van der Waals surface area contributed by atoms with Crippen LogP contribution >= 0.6 is 0 Å². The van der Waals surface area contributed by atoms with Gasteiger partial charge in [-0.1, -0.05) is 51.0 Å². The van der Waals surface area contributed by atoms with Crippen LogP contribution in [0.2, 0.25) is 0 Å². The summed E-state index contributed by atoms with van der Waals surface area (Å²) in [6, 6.07) is 3.67. The zero-order valence-electron chi connectivity index (χ0n) is 13.4. The van der Waals surface area contributed by atoms with Crippen molar-refractivity contribution in [1.82, 2.24) is 0 Å². The van der Waals surface area contributed by atoms with Crippen molar-refractivity contribution in [2.24, 2.45) is 0 Å². The van der Waals surface area contributed by atoms with E-state index < -0.39 is 10.1 Å². The predicted molar refractivity (Wildman–Crippen MR) is 87.7 cm³/mol. The molecule has 1 aromatic rings. The molecule has 0 aromatic heterocycles. The van der Waals surface area contributed by atoms with Crippen LogP contribution < -0.4 is 0 Å². The molecule has 0 radical (unpaired) electrons. The van der Waals surface area contributed by atoms with E-state index in [4.69, 9.17) is 4.18 Å². The number of fused-ring (bicyclic) bond motifs is 1. The molecule has 1 atom stereocenters. The maximum absolute atomic E-state index is 12.4. The van der Waals surface area contributed by atoms with E-state index >= 15 is 0 Å². The van der Waals surface area contributed by atoms with Gasteiger partial charge in [0, 0.05) is 5.92 Å². The van der Waals surface area contributed by atoms with Gasteiger partial charge in [0.05, 0.1) is 11.5 Å². The molecule has 0 N–H and O–H groups in total. The number of hydrogen-bond donors (Lipinski definition) is 0. The molecule has 0 fully saturated rings. The minimum atomic E-state index is -3.59. The molecular formula is C18H26O3S. The molecule has 0 saturated heterocycles. The molecule has 0 spiro atoms. The Balaban J connectivity index is 1.80. The van der Waals surface area contributed by atoms with E-state index in [1.807, 2.05) is 6.07 Å². The number of aryl methyl sites for hydroxylation is 1. The molecule has 0 saturated carbocycles. The molecule has 0 amide bonds. The summed E-state index contributed by atoms with van der Waals surface area (Å²) in [6.07, 6.45) is 10.5. The van der Waals surface area contributed by atoms with Gasteiger partial charge in [-0.2, -0.15) is 8.42 Å². The lowest BCUT2D eigenvalue weighted by Crippen LogP contribution is -2.08. The van der Waals surface area contributed by atoms with Gasteiger partial charge in [0.1, 0.15) is 0 Å². The SMILES string of the molecule is Cc1ccc2c3c1C3CCCCCCCCCCOS2(=O)=O. The highest BCUT2D eigenvalue weighted by Crippen LogP contribution is 2.52. The molecule has 3 rings (SSSR count). The summed E-state index contributed by atoms with van der Waals surface area (Å²) in [5, 5.41) is 0. The van der Waals surface area contributed by atoms with Gasteiger partial charge in [0.25, 0.3) is 10.1 Å². The van der Waals surface area contributed by atoms with Crippen molar-refractivity contribution < 1.29 is 12.6 Å². The minimum Gasteiger partial charge on any atom is -0.266 e. The molecule has 22 heavy (non-hydrogen) atoms. The normalized spacial score (nSPS) is 25.6. The number of benzene rings is 1. The molecule has 0 bridgehead atoms. The second kappa shape index (κ2) is 6.71. The predicted octanol–water partition coefficient (Wildman–Crippen LogP) is 4.67. The highest BCUT2D eigenvalue weighted by molar-refractivity contribution is 7.86. The zero-order valence-corrected chi connectivity index (χ0v) is 14.3. The Morgan fingerprint density at radius 3 is 2.27 bits per heavy atom. The van der Waals surface area contributed by atoms with E-state index in [0.717, 1.165) is 24.8 Å². The van der Waals surface area contributed by atoms with E-state index in [1.54, 1.807) is 6.07 Å². The van der Waals surface area contributed by atoms with Gasteiger partial charge in [-0.05, 0) is 42.5 Å². The number of hydrogen-bond acceptors (Lipinski definition) is 3. The second-order valence-electron chi connectivity index (χ2n) is 6.65. The largest absolute Gasteiger partial charge is 0.297 e. The van der Waals surface area contributed by atoms with E-state index in [-0.39, 0.29) is 0 Å². The van der Waals surface area contributed by atoms with Crippen LogP contribution in [0.4, 0.5) is 0 Å². The molecule has 4 heteroatoms. The Morgan fingerprint density at radius 2 is 1.55 bits per heavy atom. The second-order valence-corrected chi connectivity index (χ2v) is 8.24. The Bertz CT molecular complexity index is 634. The van der Waals surface area contributed by atoms with Crippen LogP contribution in [-0.4, -0.2) is 15.0 Å². The Hall–Kier alpha value is -0.870. The third kappa shape index (κ3) is 3.38. The molecule has 1 aliphatic carbocycles. The maximum Gasteiger partial charge on any atom is 0.297 e. The van der Waals surface area contributed by atoms with Gasteiger partial charge in [-0.3, -0.25) is 4.18 Å². The molecule has 122 valence electrons. The molecule has 2 aliphatic rings. The first-order chi connectivity index (χ1) is 10.6. The summed E-state index contributed by atoms with van der Waals surface area (Å²) >= 11 is 0. The van der Waals surface area contributed by atoms with Crippen LogP contribution in [0.3, 0.4) is 0 Å². The van der Waals surface area contributed by atoms with Crippen LogP contribution in [0, 0.1) is 6.92 Å². The zero-order chi connectivity index (χ0) is 15.6. The van der Waals surface area contributed by atoms with Gasteiger partial charge in [0.2, 0.25) is 0 Å².